The number of thiocarbonyl (C=S) groups is 2. The number of ether oxygens (including phenoxy) is 2. The van der Waals surface area contributed by atoms with Crippen molar-refractivity contribution in [1.29, 1.82) is 0 Å². The number of rotatable bonds is 11. The summed E-state index contributed by atoms with van der Waals surface area (Å²) in [5, 5.41) is 13.9. The second-order valence-electron chi connectivity index (χ2n) is 8.28. The van der Waals surface area contributed by atoms with Gasteiger partial charge in [0.25, 0.3) is 0 Å². The van der Waals surface area contributed by atoms with Crippen LogP contribution in [0.2, 0.25) is 0 Å². The Morgan fingerprint density at radius 3 is 1.29 bits per heavy atom. The molecule has 0 amide bonds. The third-order valence-corrected chi connectivity index (χ3v) is 5.95. The van der Waals surface area contributed by atoms with Gasteiger partial charge in [-0.1, -0.05) is 84.9 Å². The summed E-state index contributed by atoms with van der Waals surface area (Å²) in [4.78, 5) is 0. The lowest BCUT2D eigenvalue weighted by Gasteiger charge is -2.16. The Morgan fingerprint density at radius 2 is 0.868 bits per heavy atom. The van der Waals surface area contributed by atoms with Crippen molar-refractivity contribution < 1.29 is 9.47 Å². The molecule has 0 saturated carbocycles. The van der Waals surface area contributed by atoms with Crippen molar-refractivity contribution in [2.45, 2.75) is 13.1 Å². The molecular weight excluding hydrogens is 512 g/mol. The fourth-order valence-electron chi connectivity index (χ4n) is 3.58. The van der Waals surface area contributed by atoms with Crippen molar-refractivity contribution in [2.75, 3.05) is 23.8 Å². The molecule has 4 aromatic carbocycles. The van der Waals surface area contributed by atoms with E-state index in [0.717, 1.165) is 22.5 Å². The first kappa shape index (κ1) is 26.9. The van der Waals surface area contributed by atoms with Gasteiger partial charge in [0.2, 0.25) is 0 Å². The van der Waals surface area contributed by atoms with Crippen LogP contribution in [-0.4, -0.2) is 23.4 Å². The van der Waals surface area contributed by atoms with E-state index in [2.05, 4.69) is 45.5 Å². The Bertz CT molecular complexity index is 1220. The highest BCUT2D eigenvalue weighted by atomic mass is 32.1. The number of hydrogen-bond acceptors (Lipinski definition) is 4. The Balaban J connectivity index is 1.23. The van der Waals surface area contributed by atoms with E-state index >= 15 is 0 Å². The monoisotopic (exact) mass is 542 g/mol. The summed E-state index contributed by atoms with van der Waals surface area (Å²) in [6, 6.07) is 35.6. The SMILES string of the molecule is S=C(NCc1ccccc1)Nc1ccccc1OCCOc1ccccc1NC(=S)NCc1ccccc1. The molecule has 0 unspecified atom stereocenters. The van der Waals surface area contributed by atoms with Crippen LogP contribution in [0.15, 0.2) is 109 Å². The van der Waals surface area contributed by atoms with Crippen LogP contribution in [0.4, 0.5) is 11.4 Å². The number of benzene rings is 4. The summed E-state index contributed by atoms with van der Waals surface area (Å²) in [7, 11) is 0. The maximum Gasteiger partial charge on any atom is 0.171 e. The van der Waals surface area contributed by atoms with Gasteiger partial charge in [0, 0.05) is 13.1 Å². The van der Waals surface area contributed by atoms with Gasteiger partial charge in [0.05, 0.1) is 11.4 Å². The molecule has 4 N–H and O–H groups in total. The highest BCUT2D eigenvalue weighted by molar-refractivity contribution is 7.80. The molecule has 194 valence electrons. The molecule has 6 nitrogen and oxygen atoms in total. The van der Waals surface area contributed by atoms with Crippen molar-refractivity contribution in [3.63, 3.8) is 0 Å². The average Bonchev–Trinajstić information content (AvgIpc) is 2.96. The third kappa shape index (κ3) is 8.76. The van der Waals surface area contributed by atoms with Crippen LogP contribution in [0.25, 0.3) is 0 Å². The quantitative estimate of drug-likeness (QED) is 0.134. The van der Waals surface area contributed by atoms with Crippen LogP contribution in [-0.2, 0) is 13.1 Å². The topological polar surface area (TPSA) is 66.6 Å². The highest BCUT2D eigenvalue weighted by Crippen LogP contribution is 2.25. The molecule has 4 aromatic rings. The van der Waals surface area contributed by atoms with Crippen LogP contribution in [0.3, 0.4) is 0 Å². The Kier molecular flexibility index (Phi) is 10.3. The number of anilines is 2. The Hall–Kier alpha value is -4.14. The zero-order valence-electron chi connectivity index (χ0n) is 20.9. The van der Waals surface area contributed by atoms with Gasteiger partial charge in [-0.05, 0) is 59.8 Å². The highest BCUT2D eigenvalue weighted by Gasteiger charge is 2.08. The second kappa shape index (κ2) is 14.6. The molecule has 0 saturated heterocycles. The molecule has 0 aliphatic carbocycles. The molecule has 0 aliphatic rings. The van der Waals surface area contributed by atoms with Gasteiger partial charge in [-0.3, -0.25) is 0 Å². The van der Waals surface area contributed by atoms with Crippen molar-refractivity contribution in [3.8, 4) is 11.5 Å². The predicted molar refractivity (Wildman–Crippen MR) is 163 cm³/mol. The Labute approximate surface area is 234 Å². The van der Waals surface area contributed by atoms with Gasteiger partial charge in [-0.25, -0.2) is 0 Å². The fourth-order valence-corrected chi connectivity index (χ4v) is 3.95. The maximum absolute atomic E-state index is 6.00. The predicted octanol–water partition coefficient (Wildman–Crippen LogP) is 6.12. The summed E-state index contributed by atoms with van der Waals surface area (Å²) >= 11 is 10.9. The normalized spacial score (nSPS) is 10.2. The van der Waals surface area contributed by atoms with Crippen molar-refractivity contribution >= 4 is 46.0 Å². The standard InChI is InChI=1S/C30H30N4O2S2/c37-29(31-21-23-11-3-1-4-12-23)33-25-15-7-9-17-27(25)35-19-20-36-28-18-10-8-16-26(28)34-30(38)32-22-24-13-5-2-6-14-24/h1-18H,19-22H2,(H2,31,33,37)(H2,32,34,38). The molecule has 0 heterocycles. The minimum atomic E-state index is 0.355. The number of para-hydroxylation sites is 4. The second-order valence-corrected chi connectivity index (χ2v) is 9.09. The van der Waals surface area contributed by atoms with Crippen LogP contribution in [0, 0.1) is 0 Å². The number of hydrogen-bond donors (Lipinski definition) is 4. The van der Waals surface area contributed by atoms with E-state index in [0.29, 0.717) is 48.0 Å². The summed E-state index contributed by atoms with van der Waals surface area (Å²) in [5.41, 5.74) is 3.88. The van der Waals surface area contributed by atoms with E-state index in [1.165, 1.54) is 0 Å². The molecule has 0 spiro atoms. The van der Waals surface area contributed by atoms with Crippen molar-refractivity contribution in [1.82, 2.24) is 10.6 Å². The van der Waals surface area contributed by atoms with Gasteiger partial charge in [-0.15, -0.1) is 0 Å². The molecule has 4 rings (SSSR count). The van der Waals surface area contributed by atoms with Gasteiger partial charge < -0.3 is 30.7 Å². The summed E-state index contributed by atoms with van der Waals surface area (Å²) in [5.74, 6) is 1.38. The molecule has 0 aromatic heterocycles. The van der Waals surface area contributed by atoms with Gasteiger partial charge in [-0.2, -0.15) is 0 Å². The summed E-state index contributed by atoms with van der Waals surface area (Å²) in [6.45, 7) is 1.99. The average molecular weight is 543 g/mol. The van der Waals surface area contributed by atoms with E-state index in [1.54, 1.807) is 0 Å². The van der Waals surface area contributed by atoms with E-state index < -0.39 is 0 Å². The van der Waals surface area contributed by atoms with E-state index in [4.69, 9.17) is 33.9 Å². The molecule has 0 bridgehead atoms. The van der Waals surface area contributed by atoms with Crippen LogP contribution in [0.1, 0.15) is 11.1 Å². The largest absolute Gasteiger partial charge is 0.488 e. The Morgan fingerprint density at radius 1 is 0.500 bits per heavy atom. The zero-order valence-corrected chi connectivity index (χ0v) is 22.5. The maximum atomic E-state index is 6.00. The molecule has 0 aliphatic heterocycles. The molecule has 8 heteroatoms. The first-order chi connectivity index (χ1) is 18.7. The molecule has 0 atom stereocenters. The van der Waals surface area contributed by atoms with Crippen molar-refractivity contribution in [3.05, 3.63) is 120 Å². The zero-order chi connectivity index (χ0) is 26.4. The van der Waals surface area contributed by atoms with Gasteiger partial charge >= 0.3 is 0 Å². The summed E-state index contributed by atoms with van der Waals surface area (Å²) < 4.78 is 12.0. The van der Waals surface area contributed by atoms with E-state index in [9.17, 15) is 0 Å². The van der Waals surface area contributed by atoms with Crippen LogP contribution >= 0.6 is 24.4 Å². The molecular formula is C30H30N4O2S2. The number of nitrogens with one attached hydrogen (secondary N) is 4. The lowest BCUT2D eigenvalue weighted by Crippen LogP contribution is -2.28. The van der Waals surface area contributed by atoms with Gasteiger partial charge in [0.1, 0.15) is 24.7 Å². The minimum absolute atomic E-state index is 0.355. The molecule has 38 heavy (non-hydrogen) atoms. The first-order valence-electron chi connectivity index (χ1n) is 12.3. The molecule has 0 radical (unpaired) electrons. The van der Waals surface area contributed by atoms with Crippen molar-refractivity contribution in [2.24, 2.45) is 0 Å². The van der Waals surface area contributed by atoms with Gasteiger partial charge in [0.15, 0.2) is 10.2 Å². The minimum Gasteiger partial charge on any atom is -0.488 e. The third-order valence-electron chi connectivity index (χ3n) is 5.46. The van der Waals surface area contributed by atoms with E-state index in [1.807, 2.05) is 84.9 Å². The van der Waals surface area contributed by atoms with Crippen LogP contribution < -0.4 is 30.7 Å². The lowest BCUT2D eigenvalue weighted by molar-refractivity contribution is 0.218. The van der Waals surface area contributed by atoms with E-state index in [-0.39, 0.29) is 0 Å². The summed E-state index contributed by atoms with van der Waals surface area (Å²) in [6.07, 6.45) is 0. The fraction of sp³-hybridized carbons (Fsp3) is 0.133. The first-order valence-corrected chi connectivity index (χ1v) is 13.1. The lowest BCUT2D eigenvalue weighted by atomic mass is 10.2. The molecule has 0 fully saturated rings. The smallest absolute Gasteiger partial charge is 0.171 e. The van der Waals surface area contributed by atoms with Crippen LogP contribution in [0.5, 0.6) is 11.5 Å².